The number of benzene rings is 2. The second-order valence-corrected chi connectivity index (χ2v) is 6.31. The smallest absolute Gasteiger partial charge is 0.228 e. The molecule has 0 aliphatic rings. The van der Waals surface area contributed by atoms with Crippen LogP contribution < -0.4 is 5.32 Å². The van der Waals surface area contributed by atoms with E-state index in [0.29, 0.717) is 15.7 Å². The van der Waals surface area contributed by atoms with Gasteiger partial charge in [-0.1, -0.05) is 29.3 Å². The normalized spacial score (nSPS) is 11.0. The summed E-state index contributed by atoms with van der Waals surface area (Å²) >= 11 is 12.0. The van der Waals surface area contributed by atoms with Gasteiger partial charge in [-0.25, -0.2) is 0 Å². The zero-order chi connectivity index (χ0) is 16.6. The topological polar surface area (TPSA) is 42.2 Å². The van der Waals surface area contributed by atoms with Crippen LogP contribution in [0.3, 0.4) is 0 Å². The highest BCUT2D eigenvalue weighted by Crippen LogP contribution is 2.30. The molecule has 3 rings (SSSR count). The van der Waals surface area contributed by atoms with Gasteiger partial charge in [-0.15, -0.1) is 0 Å². The molecule has 1 amide bonds. The molecule has 0 aliphatic carbocycles. The Morgan fingerprint density at radius 3 is 2.70 bits per heavy atom. The lowest BCUT2D eigenvalue weighted by molar-refractivity contribution is -0.115. The van der Waals surface area contributed by atoms with Crippen molar-refractivity contribution in [3.05, 3.63) is 63.3 Å². The molecule has 0 bridgehead atoms. The number of halogens is 2. The Hall–Kier alpha value is -1.97. The second-order valence-electron chi connectivity index (χ2n) is 5.52. The molecule has 0 atom stereocenters. The van der Waals surface area contributed by atoms with Gasteiger partial charge in [-0.2, -0.15) is 0 Å². The summed E-state index contributed by atoms with van der Waals surface area (Å²) in [4.78, 5) is 12.3. The number of furan rings is 1. The summed E-state index contributed by atoms with van der Waals surface area (Å²) in [6, 6.07) is 9.16. The highest BCUT2D eigenvalue weighted by molar-refractivity contribution is 6.44. The number of carbonyl (C=O) groups is 1. The molecule has 2 aromatic carbocycles. The lowest BCUT2D eigenvalue weighted by atomic mass is 10.0. The van der Waals surface area contributed by atoms with E-state index in [1.807, 2.05) is 26.0 Å². The molecule has 5 heteroatoms. The zero-order valence-corrected chi connectivity index (χ0v) is 14.3. The first kappa shape index (κ1) is 15.9. The van der Waals surface area contributed by atoms with Crippen LogP contribution in [-0.2, 0) is 11.2 Å². The molecular formula is C18H15Cl2NO2. The van der Waals surface area contributed by atoms with Gasteiger partial charge in [0.15, 0.2) is 0 Å². The summed E-state index contributed by atoms with van der Waals surface area (Å²) in [6.07, 6.45) is 1.83. The molecule has 1 heterocycles. The standard InChI is InChI=1S/C18H15Cl2NO2/c1-10-6-13-12(9-23-16(13)7-11(10)2)8-17(22)21-15-5-3-4-14(19)18(15)20/h3-7,9H,8H2,1-2H3,(H,21,22). The maximum Gasteiger partial charge on any atom is 0.228 e. The molecule has 1 N–H and O–H groups in total. The van der Waals surface area contributed by atoms with Crippen LogP contribution in [0.2, 0.25) is 10.0 Å². The van der Waals surface area contributed by atoms with Crippen molar-refractivity contribution in [3.63, 3.8) is 0 Å². The van der Waals surface area contributed by atoms with Crippen molar-refractivity contribution in [2.45, 2.75) is 20.3 Å². The van der Waals surface area contributed by atoms with Crippen LogP contribution >= 0.6 is 23.2 Å². The number of carbonyl (C=O) groups excluding carboxylic acids is 1. The highest BCUT2D eigenvalue weighted by Gasteiger charge is 2.13. The molecule has 0 radical (unpaired) electrons. The van der Waals surface area contributed by atoms with Crippen LogP contribution in [0.25, 0.3) is 11.0 Å². The van der Waals surface area contributed by atoms with Gasteiger partial charge >= 0.3 is 0 Å². The molecule has 0 aliphatic heterocycles. The third kappa shape index (κ3) is 3.21. The number of hydrogen-bond donors (Lipinski definition) is 1. The molecule has 3 nitrogen and oxygen atoms in total. The number of hydrogen-bond acceptors (Lipinski definition) is 2. The number of amides is 1. The van der Waals surface area contributed by atoms with Gasteiger partial charge in [0.25, 0.3) is 0 Å². The van der Waals surface area contributed by atoms with E-state index >= 15 is 0 Å². The summed E-state index contributed by atoms with van der Waals surface area (Å²) in [5.41, 5.74) is 4.46. The molecular weight excluding hydrogens is 333 g/mol. The molecule has 1 aromatic heterocycles. The van der Waals surface area contributed by atoms with Gasteiger partial charge in [-0.05, 0) is 49.2 Å². The van der Waals surface area contributed by atoms with Gasteiger partial charge in [0, 0.05) is 10.9 Å². The summed E-state index contributed by atoms with van der Waals surface area (Å²) < 4.78 is 5.55. The SMILES string of the molecule is Cc1cc2occ(CC(=O)Nc3cccc(Cl)c3Cl)c2cc1C. The van der Waals surface area contributed by atoms with E-state index in [2.05, 4.69) is 5.32 Å². The van der Waals surface area contributed by atoms with Crippen molar-refractivity contribution in [1.82, 2.24) is 0 Å². The predicted molar refractivity (Wildman–Crippen MR) is 94.5 cm³/mol. The first-order chi connectivity index (χ1) is 11.0. The third-order valence-corrected chi connectivity index (χ3v) is 4.67. The zero-order valence-electron chi connectivity index (χ0n) is 12.7. The Balaban J connectivity index is 1.83. The molecule has 0 saturated carbocycles. The number of fused-ring (bicyclic) bond motifs is 1. The van der Waals surface area contributed by atoms with Gasteiger partial charge in [-0.3, -0.25) is 4.79 Å². The summed E-state index contributed by atoms with van der Waals surface area (Å²) in [5.74, 6) is -0.171. The Morgan fingerprint density at radius 1 is 1.17 bits per heavy atom. The monoisotopic (exact) mass is 347 g/mol. The van der Waals surface area contributed by atoms with Gasteiger partial charge in [0.05, 0.1) is 28.4 Å². The molecule has 0 saturated heterocycles. The number of rotatable bonds is 3. The molecule has 0 fully saturated rings. The fourth-order valence-corrected chi connectivity index (χ4v) is 2.79. The molecule has 0 unspecified atom stereocenters. The van der Waals surface area contributed by atoms with E-state index in [1.54, 1.807) is 24.5 Å². The van der Waals surface area contributed by atoms with Crippen LogP contribution in [0.4, 0.5) is 5.69 Å². The van der Waals surface area contributed by atoms with Gasteiger partial charge < -0.3 is 9.73 Å². The van der Waals surface area contributed by atoms with E-state index < -0.39 is 0 Å². The summed E-state index contributed by atoms with van der Waals surface area (Å²) in [6.45, 7) is 4.07. The number of anilines is 1. The van der Waals surface area contributed by atoms with E-state index in [0.717, 1.165) is 22.1 Å². The predicted octanol–water partition coefficient (Wildman–Crippen LogP) is 5.54. The maximum absolute atomic E-state index is 12.3. The van der Waals surface area contributed by atoms with E-state index in [1.165, 1.54) is 5.56 Å². The van der Waals surface area contributed by atoms with Crippen LogP contribution in [0.5, 0.6) is 0 Å². The lowest BCUT2D eigenvalue weighted by Crippen LogP contribution is -2.14. The van der Waals surface area contributed by atoms with Crippen LogP contribution in [0.1, 0.15) is 16.7 Å². The minimum Gasteiger partial charge on any atom is -0.464 e. The average Bonchev–Trinajstić information content (AvgIpc) is 2.86. The molecule has 0 spiro atoms. The highest BCUT2D eigenvalue weighted by atomic mass is 35.5. The first-order valence-electron chi connectivity index (χ1n) is 7.17. The minimum atomic E-state index is -0.171. The van der Waals surface area contributed by atoms with E-state index in [-0.39, 0.29) is 12.3 Å². The van der Waals surface area contributed by atoms with Crippen molar-refractivity contribution in [3.8, 4) is 0 Å². The number of aryl methyl sites for hydroxylation is 2. The average molecular weight is 348 g/mol. The van der Waals surface area contributed by atoms with Crippen LogP contribution in [-0.4, -0.2) is 5.91 Å². The van der Waals surface area contributed by atoms with Crippen LogP contribution in [0.15, 0.2) is 41.0 Å². The fraction of sp³-hybridized carbons (Fsp3) is 0.167. The molecule has 23 heavy (non-hydrogen) atoms. The summed E-state index contributed by atoms with van der Waals surface area (Å²) in [7, 11) is 0. The fourth-order valence-electron chi connectivity index (χ4n) is 2.44. The van der Waals surface area contributed by atoms with Gasteiger partial charge in [0.1, 0.15) is 5.58 Å². The summed E-state index contributed by atoms with van der Waals surface area (Å²) in [5, 5.41) is 4.49. The quantitative estimate of drug-likeness (QED) is 0.675. The minimum absolute atomic E-state index is 0.171. The van der Waals surface area contributed by atoms with Gasteiger partial charge in [0.2, 0.25) is 5.91 Å². The molecule has 3 aromatic rings. The van der Waals surface area contributed by atoms with Crippen molar-refractivity contribution >= 4 is 45.8 Å². The second kappa shape index (κ2) is 6.26. The Bertz CT molecular complexity index is 899. The Morgan fingerprint density at radius 2 is 1.91 bits per heavy atom. The maximum atomic E-state index is 12.3. The lowest BCUT2D eigenvalue weighted by Gasteiger charge is -2.08. The van der Waals surface area contributed by atoms with Crippen molar-refractivity contribution in [2.24, 2.45) is 0 Å². The van der Waals surface area contributed by atoms with E-state index in [9.17, 15) is 4.79 Å². The molecule has 118 valence electrons. The Labute approximate surface area is 144 Å². The van der Waals surface area contributed by atoms with Crippen LogP contribution in [0, 0.1) is 13.8 Å². The third-order valence-electron chi connectivity index (χ3n) is 3.85. The first-order valence-corrected chi connectivity index (χ1v) is 7.92. The largest absolute Gasteiger partial charge is 0.464 e. The Kier molecular flexibility index (Phi) is 4.33. The number of nitrogens with one attached hydrogen (secondary N) is 1. The van der Waals surface area contributed by atoms with Crippen molar-refractivity contribution in [1.29, 1.82) is 0 Å². The van der Waals surface area contributed by atoms with Crippen molar-refractivity contribution < 1.29 is 9.21 Å². The van der Waals surface area contributed by atoms with E-state index in [4.69, 9.17) is 27.6 Å². The van der Waals surface area contributed by atoms with Crippen molar-refractivity contribution in [2.75, 3.05) is 5.32 Å².